The summed E-state index contributed by atoms with van der Waals surface area (Å²) >= 11 is 5.76. The lowest BCUT2D eigenvalue weighted by molar-refractivity contribution is -0.384. The predicted octanol–water partition coefficient (Wildman–Crippen LogP) is 3.12. The van der Waals surface area contributed by atoms with Crippen LogP contribution >= 0.6 is 11.6 Å². The second-order valence-corrected chi connectivity index (χ2v) is 4.55. The molecule has 2 rings (SSSR count). The number of aliphatic hydroxyl groups is 1. The van der Waals surface area contributed by atoms with E-state index in [9.17, 15) is 15.2 Å². The summed E-state index contributed by atoms with van der Waals surface area (Å²) in [5.41, 5.74) is -1.36. The molecule has 0 aliphatic carbocycles. The normalized spacial score (nSPS) is 13.2. The number of hydrogen-bond donors (Lipinski definition) is 1. The third-order valence-corrected chi connectivity index (χ3v) is 3.28. The van der Waals surface area contributed by atoms with Gasteiger partial charge in [-0.1, -0.05) is 53.9 Å². The molecule has 0 aromatic heterocycles. The molecule has 4 nitrogen and oxygen atoms in total. The molecule has 0 heterocycles. The number of nitrogens with zero attached hydrogens (tertiary/aromatic N) is 1. The molecule has 0 amide bonds. The molecule has 2 aromatic carbocycles. The molecule has 0 saturated heterocycles. The highest BCUT2D eigenvalue weighted by atomic mass is 35.5. The Morgan fingerprint density at radius 3 is 2.40 bits per heavy atom. The summed E-state index contributed by atoms with van der Waals surface area (Å²) in [6.07, 6.45) is 5.43. The van der Waals surface area contributed by atoms with E-state index in [1.165, 1.54) is 18.2 Å². The van der Waals surface area contributed by atoms with Crippen LogP contribution in [0.1, 0.15) is 11.1 Å². The third-order valence-electron chi connectivity index (χ3n) is 2.96. The van der Waals surface area contributed by atoms with E-state index in [1.807, 2.05) is 0 Å². The molecule has 0 aliphatic heterocycles. The van der Waals surface area contributed by atoms with Crippen LogP contribution in [0.15, 0.2) is 48.5 Å². The lowest BCUT2D eigenvalue weighted by Gasteiger charge is -2.23. The number of rotatable bonds is 3. The second kappa shape index (κ2) is 5.33. The Bertz CT molecular complexity index is 694. The Kier molecular flexibility index (Phi) is 3.75. The van der Waals surface area contributed by atoms with E-state index < -0.39 is 10.5 Å². The number of benzene rings is 2. The van der Waals surface area contributed by atoms with Crippen LogP contribution in [0.3, 0.4) is 0 Å². The lowest BCUT2D eigenvalue weighted by atomic mass is 9.87. The fourth-order valence-corrected chi connectivity index (χ4v) is 2.08. The zero-order valence-corrected chi connectivity index (χ0v) is 11.0. The van der Waals surface area contributed by atoms with Gasteiger partial charge in [-0.2, -0.15) is 0 Å². The van der Waals surface area contributed by atoms with Crippen molar-refractivity contribution in [3.8, 4) is 12.3 Å². The van der Waals surface area contributed by atoms with Gasteiger partial charge in [-0.3, -0.25) is 10.1 Å². The summed E-state index contributed by atoms with van der Waals surface area (Å²) in [4.78, 5) is 10.3. The largest absolute Gasteiger partial charge is 0.369 e. The summed E-state index contributed by atoms with van der Waals surface area (Å²) in [6, 6.07) is 12.5. The lowest BCUT2D eigenvalue weighted by Crippen LogP contribution is -2.25. The Balaban J connectivity index is 2.62. The maximum atomic E-state index is 10.9. The molecular weight excluding hydrogens is 278 g/mol. The molecule has 0 bridgehead atoms. The minimum atomic E-state index is -1.74. The van der Waals surface area contributed by atoms with Gasteiger partial charge in [0.25, 0.3) is 5.69 Å². The van der Waals surface area contributed by atoms with E-state index in [0.717, 1.165) is 0 Å². The van der Waals surface area contributed by atoms with Crippen molar-refractivity contribution in [2.75, 3.05) is 0 Å². The summed E-state index contributed by atoms with van der Waals surface area (Å²) in [6.45, 7) is 0. The van der Waals surface area contributed by atoms with Crippen molar-refractivity contribution in [2.45, 2.75) is 5.60 Å². The quantitative estimate of drug-likeness (QED) is 0.536. The number of halogens is 1. The van der Waals surface area contributed by atoms with Crippen LogP contribution in [0.4, 0.5) is 5.69 Å². The van der Waals surface area contributed by atoms with Gasteiger partial charge >= 0.3 is 0 Å². The van der Waals surface area contributed by atoms with E-state index in [4.69, 9.17) is 18.0 Å². The van der Waals surface area contributed by atoms with E-state index in [-0.39, 0.29) is 16.3 Å². The molecule has 1 N–H and O–H groups in total. The van der Waals surface area contributed by atoms with Gasteiger partial charge in [0.1, 0.15) is 5.02 Å². The van der Waals surface area contributed by atoms with Crippen molar-refractivity contribution >= 4 is 17.3 Å². The molecule has 1 unspecified atom stereocenters. The van der Waals surface area contributed by atoms with Crippen molar-refractivity contribution in [1.29, 1.82) is 0 Å². The first kappa shape index (κ1) is 14.1. The van der Waals surface area contributed by atoms with Crippen LogP contribution in [-0.2, 0) is 5.60 Å². The smallest absolute Gasteiger partial charge is 0.288 e. The number of hydrogen-bond acceptors (Lipinski definition) is 3. The van der Waals surface area contributed by atoms with Gasteiger partial charge in [-0.15, -0.1) is 6.42 Å². The average Bonchev–Trinajstić information content (AvgIpc) is 2.47. The van der Waals surface area contributed by atoms with E-state index in [1.54, 1.807) is 30.3 Å². The highest BCUT2D eigenvalue weighted by Gasteiger charge is 2.31. The number of nitro groups is 1. The summed E-state index contributed by atoms with van der Waals surface area (Å²) < 4.78 is 0. The van der Waals surface area contributed by atoms with Gasteiger partial charge in [0.15, 0.2) is 5.60 Å². The van der Waals surface area contributed by atoms with Crippen LogP contribution in [-0.4, -0.2) is 10.0 Å². The molecule has 0 spiro atoms. The second-order valence-electron chi connectivity index (χ2n) is 4.14. The number of terminal acetylenes is 1. The van der Waals surface area contributed by atoms with Gasteiger partial charge in [-0.05, 0) is 6.07 Å². The van der Waals surface area contributed by atoms with Crippen molar-refractivity contribution in [3.05, 3.63) is 74.8 Å². The van der Waals surface area contributed by atoms with Gasteiger partial charge in [0, 0.05) is 17.2 Å². The van der Waals surface area contributed by atoms with Crippen molar-refractivity contribution in [3.63, 3.8) is 0 Å². The minimum absolute atomic E-state index is 0.00816. The van der Waals surface area contributed by atoms with E-state index in [2.05, 4.69) is 5.92 Å². The maximum absolute atomic E-state index is 10.9. The molecule has 2 aromatic rings. The van der Waals surface area contributed by atoms with Gasteiger partial charge in [0.05, 0.1) is 4.92 Å². The predicted molar refractivity (Wildman–Crippen MR) is 76.4 cm³/mol. The monoisotopic (exact) mass is 287 g/mol. The Morgan fingerprint density at radius 2 is 1.85 bits per heavy atom. The highest BCUT2D eigenvalue weighted by molar-refractivity contribution is 6.32. The third kappa shape index (κ3) is 2.37. The molecule has 0 aliphatic rings. The van der Waals surface area contributed by atoms with Crippen LogP contribution in [0, 0.1) is 22.5 Å². The molecule has 20 heavy (non-hydrogen) atoms. The van der Waals surface area contributed by atoms with Crippen LogP contribution in [0.2, 0.25) is 5.02 Å². The highest BCUT2D eigenvalue weighted by Crippen LogP contribution is 2.34. The SMILES string of the molecule is C#CC(O)(c1ccccc1)c1ccc(Cl)c([N+](=O)[O-])c1. The topological polar surface area (TPSA) is 63.4 Å². The Labute approximate surface area is 120 Å². The van der Waals surface area contributed by atoms with Crippen molar-refractivity contribution in [1.82, 2.24) is 0 Å². The van der Waals surface area contributed by atoms with E-state index in [0.29, 0.717) is 5.56 Å². The van der Waals surface area contributed by atoms with Crippen molar-refractivity contribution in [2.24, 2.45) is 0 Å². The standard InChI is InChI=1S/C15H10ClNO3/c1-2-15(18,11-6-4-3-5-7-11)12-8-9-13(16)14(10-12)17(19)20/h1,3-10,18H. The van der Waals surface area contributed by atoms with E-state index >= 15 is 0 Å². The summed E-state index contributed by atoms with van der Waals surface area (Å²) in [7, 11) is 0. The minimum Gasteiger partial charge on any atom is -0.369 e. The van der Waals surface area contributed by atoms with Crippen LogP contribution in [0.25, 0.3) is 0 Å². The molecule has 0 saturated carbocycles. The van der Waals surface area contributed by atoms with Gasteiger partial charge in [-0.25, -0.2) is 0 Å². The molecule has 0 fully saturated rings. The van der Waals surface area contributed by atoms with Gasteiger partial charge < -0.3 is 5.11 Å². The molecular formula is C15H10ClNO3. The Morgan fingerprint density at radius 1 is 1.20 bits per heavy atom. The van der Waals surface area contributed by atoms with Gasteiger partial charge in [0.2, 0.25) is 0 Å². The zero-order chi connectivity index (χ0) is 14.8. The van der Waals surface area contributed by atoms with Crippen LogP contribution < -0.4 is 0 Å². The first-order valence-electron chi connectivity index (χ1n) is 5.69. The molecule has 0 radical (unpaired) electrons. The number of nitro benzene ring substituents is 1. The summed E-state index contributed by atoms with van der Waals surface area (Å²) in [5, 5.41) is 21.6. The first-order chi connectivity index (χ1) is 9.49. The molecule has 1 atom stereocenters. The first-order valence-corrected chi connectivity index (χ1v) is 6.07. The fraction of sp³-hybridized carbons (Fsp3) is 0.0667. The molecule has 5 heteroatoms. The zero-order valence-electron chi connectivity index (χ0n) is 10.3. The Hall–Kier alpha value is -2.35. The van der Waals surface area contributed by atoms with Crippen molar-refractivity contribution < 1.29 is 10.0 Å². The summed E-state index contributed by atoms with van der Waals surface area (Å²) in [5.74, 6) is 2.29. The molecule has 100 valence electrons. The van der Waals surface area contributed by atoms with Crippen LogP contribution in [0.5, 0.6) is 0 Å². The maximum Gasteiger partial charge on any atom is 0.288 e. The average molecular weight is 288 g/mol. The fourth-order valence-electron chi connectivity index (χ4n) is 1.89.